The Bertz CT molecular complexity index is 744. The van der Waals surface area contributed by atoms with Gasteiger partial charge in [0, 0.05) is 28.5 Å². The molecule has 0 bridgehead atoms. The summed E-state index contributed by atoms with van der Waals surface area (Å²) in [5, 5.41) is 0. The van der Waals surface area contributed by atoms with Crippen molar-refractivity contribution < 1.29 is 36.1 Å². The molecule has 0 heterocycles. The molecule has 0 N–H and O–H groups in total. The second kappa shape index (κ2) is 16.1. The van der Waals surface area contributed by atoms with Crippen molar-refractivity contribution in [1.29, 1.82) is 0 Å². The number of benzene rings is 2. The molecule has 0 saturated carbocycles. The average Bonchev–Trinajstić information content (AvgIpc) is 2.87. The normalized spacial score (nSPS) is 12.7. The summed E-state index contributed by atoms with van der Waals surface area (Å²) in [5.74, 6) is 0.192. The third-order valence-corrected chi connectivity index (χ3v) is 3.59. The quantitative estimate of drug-likeness (QED) is 0.315. The summed E-state index contributed by atoms with van der Waals surface area (Å²) in [6.07, 6.45) is 4.93. The molecule has 0 aliphatic heterocycles. The molecule has 1 aliphatic rings. The van der Waals surface area contributed by atoms with Gasteiger partial charge in [-0.15, -0.1) is 0 Å². The average molecular weight is 384 g/mol. The molecule has 1 aliphatic carbocycles. The third-order valence-electron chi connectivity index (χ3n) is 3.59. The predicted molar refractivity (Wildman–Crippen MR) is 89.9 cm³/mol. The molecule has 0 spiro atoms. The number of fused-ring (bicyclic) bond motifs is 1. The van der Waals surface area contributed by atoms with Gasteiger partial charge < -0.3 is 0 Å². The van der Waals surface area contributed by atoms with Gasteiger partial charge in [-0.2, -0.15) is 0 Å². The van der Waals surface area contributed by atoms with E-state index in [-0.39, 0.29) is 23.1 Å². The van der Waals surface area contributed by atoms with Crippen molar-refractivity contribution in [3.05, 3.63) is 96.8 Å². The molecule has 4 nitrogen and oxygen atoms in total. The monoisotopic (exact) mass is 384 g/mol. The molecule has 0 aromatic heterocycles. The molecule has 26 heavy (non-hydrogen) atoms. The molecule has 5 heteroatoms. The molecule has 0 atom stereocenters. The molecule has 0 radical (unpaired) electrons. The van der Waals surface area contributed by atoms with Crippen LogP contribution in [0.2, 0.25) is 0 Å². The molecular formula is C21H16CrO4. The van der Waals surface area contributed by atoms with Crippen LogP contribution in [0.25, 0.3) is 6.08 Å². The second-order valence-corrected chi connectivity index (χ2v) is 4.92. The van der Waals surface area contributed by atoms with E-state index in [0.717, 1.165) is 36.0 Å². The van der Waals surface area contributed by atoms with Crippen LogP contribution < -0.4 is 0 Å². The topological polar surface area (TPSA) is 76.8 Å². The van der Waals surface area contributed by atoms with Crippen LogP contribution in [-0.2, 0) is 37.7 Å². The van der Waals surface area contributed by atoms with E-state index < -0.39 is 0 Å². The Morgan fingerprint density at radius 2 is 1.31 bits per heavy atom. The fraction of sp³-hybridized carbons (Fsp3) is 0.143. The van der Waals surface area contributed by atoms with Crippen LogP contribution in [0.1, 0.15) is 34.3 Å². The number of rotatable bonds is 1. The summed E-state index contributed by atoms with van der Waals surface area (Å²) in [6.45, 7) is 13.5. The summed E-state index contributed by atoms with van der Waals surface area (Å²) in [5.41, 5.74) is 4.09. The fourth-order valence-electron chi connectivity index (χ4n) is 2.60. The Kier molecular flexibility index (Phi) is 16.0. The maximum Gasteiger partial charge on any atom is 0 e. The number of ketones is 1. The van der Waals surface area contributed by atoms with Crippen molar-refractivity contribution in [1.82, 2.24) is 0 Å². The van der Waals surface area contributed by atoms with Crippen LogP contribution in [0.5, 0.6) is 0 Å². The van der Waals surface area contributed by atoms with E-state index >= 15 is 0 Å². The molecule has 0 unspecified atom stereocenters. The van der Waals surface area contributed by atoms with E-state index in [9.17, 15) is 4.79 Å². The Labute approximate surface area is 164 Å². The van der Waals surface area contributed by atoms with E-state index in [2.05, 4.69) is 26.0 Å². The van der Waals surface area contributed by atoms with E-state index in [0.29, 0.717) is 0 Å². The number of carbonyl (C=O) groups is 1. The van der Waals surface area contributed by atoms with Gasteiger partial charge in [0.25, 0.3) is 0 Å². The van der Waals surface area contributed by atoms with Gasteiger partial charge in [-0.1, -0.05) is 54.6 Å². The number of hydrogen-bond donors (Lipinski definition) is 0. The largest absolute Gasteiger partial charge is 0 e. The van der Waals surface area contributed by atoms with Gasteiger partial charge in [-0.3, -0.25) is 4.79 Å². The van der Waals surface area contributed by atoms with Gasteiger partial charge in [0.2, 0.25) is 0 Å². The number of hydrogen-bond acceptors (Lipinski definition) is 1. The second-order valence-electron chi connectivity index (χ2n) is 4.92. The summed E-state index contributed by atoms with van der Waals surface area (Å²) < 4.78 is 22.5. The van der Waals surface area contributed by atoms with Crippen LogP contribution in [0.3, 0.4) is 0 Å². The molecule has 0 saturated heterocycles. The van der Waals surface area contributed by atoms with E-state index in [1.165, 1.54) is 5.56 Å². The number of Topliss-reactive ketones (excluding diaryl/α,β-unsaturated/α-hetero) is 1. The molecule has 3 rings (SSSR count). The Hall–Kier alpha value is -2.40. The van der Waals surface area contributed by atoms with Crippen molar-refractivity contribution in [2.24, 2.45) is 0 Å². The zero-order chi connectivity index (χ0) is 19.1. The first kappa shape index (κ1) is 25.8. The standard InChI is InChI=1S/C18H16O.3CO.Cr/c19-18-16(13-14-7-2-1-3-8-14)11-6-10-15-9-4-5-12-17(15)18;3*1-2;/h1-5,7-9,12-13H,6,10-11H2;;;;/b16-13+;;;;. The molecule has 130 valence electrons. The van der Waals surface area contributed by atoms with Crippen molar-refractivity contribution in [3.8, 4) is 0 Å². The third kappa shape index (κ3) is 7.66. The van der Waals surface area contributed by atoms with Crippen molar-refractivity contribution in [2.75, 3.05) is 0 Å². The zero-order valence-corrected chi connectivity index (χ0v) is 15.2. The minimum Gasteiger partial charge on any atom is 0 e. The summed E-state index contributed by atoms with van der Waals surface area (Å²) >= 11 is 0. The summed E-state index contributed by atoms with van der Waals surface area (Å²) in [7, 11) is 0. The van der Waals surface area contributed by atoms with Crippen LogP contribution in [-0.4, -0.2) is 5.78 Å². The first-order valence-corrected chi connectivity index (χ1v) is 7.34. The van der Waals surface area contributed by atoms with Crippen LogP contribution in [0.4, 0.5) is 0 Å². The van der Waals surface area contributed by atoms with Crippen molar-refractivity contribution in [3.63, 3.8) is 0 Å². The Balaban J connectivity index is 0. The van der Waals surface area contributed by atoms with Crippen LogP contribution in [0, 0.1) is 20.0 Å². The maximum atomic E-state index is 12.6. The maximum absolute atomic E-state index is 12.6. The Morgan fingerprint density at radius 1 is 0.769 bits per heavy atom. The fourth-order valence-corrected chi connectivity index (χ4v) is 2.60. The number of aryl methyl sites for hydroxylation is 1. The van der Waals surface area contributed by atoms with E-state index in [1.54, 1.807) is 0 Å². The summed E-state index contributed by atoms with van der Waals surface area (Å²) in [6, 6.07) is 18.0. The molecule has 2 aromatic rings. The molecule has 0 amide bonds. The first-order chi connectivity index (χ1) is 12.3. The first-order valence-electron chi connectivity index (χ1n) is 7.34. The predicted octanol–water partition coefficient (Wildman–Crippen LogP) is 4.17. The minimum absolute atomic E-state index is 0. The van der Waals surface area contributed by atoms with Crippen LogP contribution in [0.15, 0.2) is 60.2 Å². The summed E-state index contributed by atoms with van der Waals surface area (Å²) in [4.78, 5) is 12.6. The van der Waals surface area contributed by atoms with Gasteiger partial charge in [0.1, 0.15) is 0 Å². The molecule has 2 aromatic carbocycles. The van der Waals surface area contributed by atoms with Gasteiger partial charge in [0.15, 0.2) is 5.78 Å². The van der Waals surface area contributed by atoms with Gasteiger partial charge >= 0.3 is 33.9 Å². The van der Waals surface area contributed by atoms with Gasteiger partial charge in [-0.25, -0.2) is 0 Å². The van der Waals surface area contributed by atoms with Crippen LogP contribution >= 0.6 is 0 Å². The molecular weight excluding hydrogens is 368 g/mol. The molecule has 0 fully saturated rings. The van der Waals surface area contributed by atoms with Gasteiger partial charge in [0.05, 0.1) is 0 Å². The smallest absolute Gasteiger partial charge is 0 e. The zero-order valence-electron chi connectivity index (χ0n) is 13.9. The number of allylic oxidation sites excluding steroid dienone is 1. The SMILES string of the molecule is O=C1/C(=C/c2ccccc2)CCCc2ccccc21.[C-]#[O+].[C-]#[O+].[C-]#[O+].[Cr]. The number of carbonyl (C=O) groups excluding carboxylic acids is 1. The van der Waals surface area contributed by atoms with Crippen molar-refractivity contribution >= 4 is 11.9 Å². The van der Waals surface area contributed by atoms with Gasteiger partial charge in [-0.05, 0) is 36.5 Å². The Morgan fingerprint density at radius 3 is 1.92 bits per heavy atom. The van der Waals surface area contributed by atoms with E-state index in [4.69, 9.17) is 14.0 Å². The minimum atomic E-state index is 0. The van der Waals surface area contributed by atoms with Crippen molar-refractivity contribution in [2.45, 2.75) is 19.3 Å². The van der Waals surface area contributed by atoms with E-state index in [1.807, 2.05) is 54.6 Å².